The molecule has 1 amide bonds. The second kappa shape index (κ2) is 10.8. The number of aryl methyl sites for hydroxylation is 1. The summed E-state index contributed by atoms with van der Waals surface area (Å²) in [5.41, 5.74) is 3.40. The van der Waals surface area contributed by atoms with Gasteiger partial charge in [0.15, 0.2) is 5.69 Å². The lowest BCUT2D eigenvalue weighted by molar-refractivity contribution is 0.0366. The smallest absolute Gasteiger partial charge is 0.274 e. The van der Waals surface area contributed by atoms with Gasteiger partial charge < -0.3 is 9.64 Å². The van der Waals surface area contributed by atoms with E-state index in [4.69, 9.17) is 9.84 Å². The highest BCUT2D eigenvalue weighted by atomic mass is 16.5. The quantitative estimate of drug-likeness (QED) is 0.682. The molecule has 4 rings (SSSR count). The summed E-state index contributed by atoms with van der Waals surface area (Å²) in [4.78, 5) is 18.0. The molecule has 30 heavy (non-hydrogen) atoms. The van der Waals surface area contributed by atoms with Crippen molar-refractivity contribution >= 4 is 5.91 Å². The second-order valence-electron chi connectivity index (χ2n) is 9.41. The fourth-order valence-electron chi connectivity index (χ4n) is 5.43. The molecule has 2 fully saturated rings. The Bertz CT molecular complexity index is 688. The number of hydrogen-bond acceptors (Lipinski definition) is 4. The van der Waals surface area contributed by atoms with Gasteiger partial charge in [-0.15, -0.1) is 0 Å². The van der Waals surface area contributed by atoms with Crippen molar-refractivity contribution in [2.24, 2.45) is 5.92 Å². The maximum absolute atomic E-state index is 13.4. The van der Waals surface area contributed by atoms with Crippen LogP contribution in [-0.4, -0.2) is 71.4 Å². The maximum atomic E-state index is 13.4. The molecule has 2 aliphatic heterocycles. The van der Waals surface area contributed by atoms with Crippen molar-refractivity contribution in [3.63, 3.8) is 0 Å². The molecule has 0 N–H and O–H groups in total. The third kappa shape index (κ3) is 5.25. The topological polar surface area (TPSA) is 50.6 Å². The van der Waals surface area contributed by atoms with Gasteiger partial charge in [0.2, 0.25) is 0 Å². The van der Waals surface area contributed by atoms with Crippen molar-refractivity contribution in [3.8, 4) is 0 Å². The van der Waals surface area contributed by atoms with Crippen LogP contribution >= 0.6 is 0 Å². The number of hydrogen-bond donors (Lipinski definition) is 0. The molecule has 0 aromatic carbocycles. The molecule has 1 unspecified atom stereocenters. The molecule has 0 radical (unpaired) electrons. The van der Waals surface area contributed by atoms with Gasteiger partial charge in [-0.05, 0) is 63.8 Å². The van der Waals surface area contributed by atoms with Crippen molar-refractivity contribution in [2.45, 2.75) is 77.7 Å². The van der Waals surface area contributed by atoms with E-state index in [1.54, 1.807) is 0 Å². The summed E-state index contributed by atoms with van der Waals surface area (Å²) >= 11 is 0. The molecule has 1 aromatic rings. The van der Waals surface area contributed by atoms with Crippen LogP contribution < -0.4 is 0 Å². The number of amides is 1. The Labute approximate surface area is 181 Å². The van der Waals surface area contributed by atoms with E-state index < -0.39 is 0 Å². The molecule has 1 aliphatic carbocycles. The maximum Gasteiger partial charge on any atom is 0.274 e. The number of ether oxygens (including phenoxy) is 1. The molecule has 6 nitrogen and oxygen atoms in total. The molecule has 1 atom stereocenters. The molecule has 2 saturated heterocycles. The van der Waals surface area contributed by atoms with Gasteiger partial charge in [0.25, 0.3) is 5.91 Å². The Morgan fingerprint density at radius 3 is 2.57 bits per heavy atom. The van der Waals surface area contributed by atoms with Gasteiger partial charge in [0.1, 0.15) is 0 Å². The lowest BCUT2D eigenvalue weighted by Crippen LogP contribution is -2.37. The number of carbonyl (C=O) groups is 1. The minimum Gasteiger partial charge on any atom is -0.379 e. The summed E-state index contributed by atoms with van der Waals surface area (Å²) < 4.78 is 7.62. The van der Waals surface area contributed by atoms with Crippen molar-refractivity contribution < 1.29 is 9.53 Å². The summed E-state index contributed by atoms with van der Waals surface area (Å²) in [5.74, 6) is 0.880. The van der Waals surface area contributed by atoms with Crippen LogP contribution in [0.5, 0.6) is 0 Å². The first kappa shape index (κ1) is 21.8. The Morgan fingerprint density at radius 1 is 1.07 bits per heavy atom. The molecular formula is C24H40N4O2. The van der Waals surface area contributed by atoms with E-state index in [-0.39, 0.29) is 5.91 Å². The largest absolute Gasteiger partial charge is 0.379 e. The van der Waals surface area contributed by atoms with Gasteiger partial charge in [-0.3, -0.25) is 14.4 Å². The number of carbonyl (C=O) groups excluding carboxylic acids is 1. The minimum atomic E-state index is 0.192. The third-order valence-corrected chi connectivity index (χ3v) is 7.17. The predicted octanol–water partition coefficient (Wildman–Crippen LogP) is 3.53. The Balaban J connectivity index is 1.42. The van der Waals surface area contributed by atoms with Crippen LogP contribution in [0.4, 0.5) is 0 Å². The number of aromatic nitrogens is 2. The Morgan fingerprint density at radius 2 is 1.83 bits per heavy atom. The summed E-state index contributed by atoms with van der Waals surface area (Å²) in [5, 5.41) is 4.88. The van der Waals surface area contributed by atoms with Crippen molar-refractivity contribution in [2.75, 3.05) is 45.9 Å². The lowest BCUT2D eigenvalue weighted by atomic mass is 9.83. The Kier molecular flexibility index (Phi) is 7.83. The fraction of sp³-hybridized carbons (Fsp3) is 0.833. The molecule has 3 aliphatic rings. The highest BCUT2D eigenvalue weighted by Crippen LogP contribution is 2.32. The monoisotopic (exact) mass is 416 g/mol. The van der Waals surface area contributed by atoms with Crippen LogP contribution in [0.15, 0.2) is 0 Å². The molecule has 0 bridgehead atoms. The van der Waals surface area contributed by atoms with Gasteiger partial charge in [-0.2, -0.15) is 5.10 Å². The number of morpholine rings is 1. The number of fused-ring (bicyclic) bond motifs is 1. The van der Waals surface area contributed by atoms with Crippen molar-refractivity contribution in [3.05, 3.63) is 17.0 Å². The summed E-state index contributed by atoms with van der Waals surface area (Å²) in [6, 6.07) is 0. The first-order valence-electron chi connectivity index (χ1n) is 12.4. The average Bonchev–Trinajstić information content (AvgIpc) is 2.93. The summed E-state index contributed by atoms with van der Waals surface area (Å²) in [7, 11) is 0. The zero-order valence-electron chi connectivity index (χ0n) is 18.9. The third-order valence-electron chi connectivity index (χ3n) is 7.17. The van der Waals surface area contributed by atoms with Crippen molar-refractivity contribution in [1.82, 2.24) is 19.6 Å². The first-order chi connectivity index (χ1) is 14.8. The first-order valence-corrected chi connectivity index (χ1v) is 12.4. The highest BCUT2D eigenvalue weighted by Gasteiger charge is 2.31. The van der Waals surface area contributed by atoms with E-state index >= 15 is 0 Å². The molecule has 0 spiro atoms. The number of likely N-dealkylation sites (tertiary alicyclic amines) is 1. The van der Waals surface area contributed by atoms with E-state index in [0.717, 1.165) is 83.7 Å². The lowest BCUT2D eigenvalue weighted by Gasteiger charge is -2.28. The zero-order chi connectivity index (χ0) is 20.8. The average molecular weight is 417 g/mol. The van der Waals surface area contributed by atoms with E-state index in [9.17, 15) is 4.79 Å². The van der Waals surface area contributed by atoms with E-state index in [1.807, 2.05) is 0 Å². The Hall–Kier alpha value is -1.40. The van der Waals surface area contributed by atoms with Gasteiger partial charge in [0, 0.05) is 44.0 Å². The molecule has 3 heterocycles. The zero-order valence-corrected chi connectivity index (χ0v) is 18.9. The molecule has 1 aromatic heterocycles. The summed E-state index contributed by atoms with van der Waals surface area (Å²) in [6.45, 7) is 10.0. The van der Waals surface area contributed by atoms with Crippen LogP contribution in [0.3, 0.4) is 0 Å². The van der Waals surface area contributed by atoms with Gasteiger partial charge in [-0.1, -0.05) is 19.8 Å². The summed E-state index contributed by atoms with van der Waals surface area (Å²) in [6.07, 6.45) is 11.7. The van der Waals surface area contributed by atoms with Crippen LogP contribution in [0.25, 0.3) is 0 Å². The van der Waals surface area contributed by atoms with E-state index in [0.29, 0.717) is 5.92 Å². The van der Waals surface area contributed by atoms with Gasteiger partial charge in [-0.25, -0.2) is 0 Å². The number of nitrogens with zero attached hydrogens (tertiary/aromatic N) is 4. The van der Waals surface area contributed by atoms with Crippen LogP contribution in [-0.2, 0) is 24.1 Å². The molecular weight excluding hydrogens is 376 g/mol. The fourth-order valence-corrected chi connectivity index (χ4v) is 5.43. The molecule has 168 valence electrons. The predicted molar refractivity (Wildman–Crippen MR) is 119 cm³/mol. The van der Waals surface area contributed by atoms with Crippen LogP contribution in [0.2, 0.25) is 0 Å². The van der Waals surface area contributed by atoms with Gasteiger partial charge in [0.05, 0.1) is 13.2 Å². The number of rotatable bonds is 7. The van der Waals surface area contributed by atoms with Crippen LogP contribution in [0, 0.1) is 5.92 Å². The van der Waals surface area contributed by atoms with Crippen LogP contribution in [0.1, 0.15) is 80.0 Å². The second-order valence-corrected chi connectivity index (χ2v) is 9.41. The van der Waals surface area contributed by atoms with Gasteiger partial charge >= 0.3 is 0 Å². The standard InChI is InChI=1S/C24H40N4O2/c1-2-11-28-22-10-9-20(8-7-12-26-15-17-30-18-16-26)19-21(22)23(25-28)24(29)27-13-5-3-4-6-14-27/h20H,2-19H2,1H3. The van der Waals surface area contributed by atoms with E-state index in [2.05, 4.69) is 21.4 Å². The molecule has 6 heteroatoms. The highest BCUT2D eigenvalue weighted by molar-refractivity contribution is 5.94. The van der Waals surface area contributed by atoms with Crippen molar-refractivity contribution in [1.29, 1.82) is 0 Å². The van der Waals surface area contributed by atoms with E-state index in [1.165, 1.54) is 49.9 Å². The molecule has 0 saturated carbocycles. The normalized spacial score (nSPS) is 23.2. The SMILES string of the molecule is CCCn1nc(C(=O)N2CCCCCC2)c2c1CCC(CCCN1CCOCC1)C2. The minimum absolute atomic E-state index is 0.192.